The van der Waals surface area contributed by atoms with Crippen molar-refractivity contribution >= 4 is 23.2 Å². The smallest absolute Gasteiger partial charge is 0.264 e. The molecule has 5 heteroatoms. The van der Waals surface area contributed by atoms with E-state index in [-0.39, 0.29) is 23.9 Å². The fraction of sp³-hybridized carbons (Fsp3) is 0.600. The predicted molar refractivity (Wildman–Crippen MR) is 80.9 cm³/mol. The van der Waals surface area contributed by atoms with Gasteiger partial charge in [0.25, 0.3) is 5.91 Å². The predicted octanol–water partition coefficient (Wildman–Crippen LogP) is 2.66. The van der Waals surface area contributed by atoms with Crippen LogP contribution >= 0.6 is 11.3 Å². The Balaban J connectivity index is 2.03. The van der Waals surface area contributed by atoms with Crippen molar-refractivity contribution in [1.82, 2.24) is 10.2 Å². The second-order valence-electron chi connectivity index (χ2n) is 5.16. The van der Waals surface area contributed by atoms with E-state index >= 15 is 0 Å². The summed E-state index contributed by atoms with van der Waals surface area (Å²) in [4.78, 5) is 27.2. The maximum absolute atomic E-state index is 12.4. The number of hydrogen-bond donors (Lipinski definition) is 1. The van der Waals surface area contributed by atoms with E-state index in [0.717, 1.165) is 25.7 Å². The second kappa shape index (κ2) is 6.88. The molecule has 110 valence electrons. The van der Waals surface area contributed by atoms with E-state index < -0.39 is 0 Å². The molecule has 1 fully saturated rings. The number of carbonyl (C=O) groups excluding carboxylic acids is 2. The number of hydrogen-bond acceptors (Lipinski definition) is 3. The number of thiophene rings is 1. The van der Waals surface area contributed by atoms with Crippen molar-refractivity contribution in [3.63, 3.8) is 0 Å². The van der Waals surface area contributed by atoms with Crippen LogP contribution in [0.15, 0.2) is 17.5 Å². The van der Waals surface area contributed by atoms with Gasteiger partial charge in [0, 0.05) is 12.6 Å². The van der Waals surface area contributed by atoms with Crippen molar-refractivity contribution in [1.29, 1.82) is 0 Å². The Morgan fingerprint density at radius 1 is 1.45 bits per heavy atom. The third-order valence-electron chi connectivity index (χ3n) is 3.88. The normalized spacial score (nSPS) is 18.6. The highest BCUT2D eigenvalue weighted by Gasteiger charge is 2.35. The van der Waals surface area contributed by atoms with E-state index in [4.69, 9.17) is 0 Å². The Morgan fingerprint density at radius 2 is 2.20 bits per heavy atom. The van der Waals surface area contributed by atoms with Gasteiger partial charge < -0.3 is 10.2 Å². The standard InChI is InChI=1S/C15H22N2O2S/c1-3-11(4-2)16-14(18)12-7-5-9-17(12)15(19)13-8-6-10-20-13/h6,8,10-12H,3-5,7,9H2,1-2H3,(H,16,18). The highest BCUT2D eigenvalue weighted by atomic mass is 32.1. The van der Waals surface area contributed by atoms with Gasteiger partial charge in [0.15, 0.2) is 0 Å². The van der Waals surface area contributed by atoms with Crippen LogP contribution in [-0.4, -0.2) is 35.3 Å². The first-order valence-corrected chi connectivity index (χ1v) is 8.20. The quantitative estimate of drug-likeness (QED) is 0.907. The Kier molecular flexibility index (Phi) is 5.17. The molecule has 0 radical (unpaired) electrons. The zero-order chi connectivity index (χ0) is 14.5. The van der Waals surface area contributed by atoms with Crippen molar-refractivity contribution in [2.75, 3.05) is 6.54 Å². The SMILES string of the molecule is CCC(CC)NC(=O)C1CCCN1C(=O)c1cccs1. The molecule has 1 N–H and O–H groups in total. The average molecular weight is 294 g/mol. The number of carbonyl (C=O) groups is 2. The monoisotopic (exact) mass is 294 g/mol. The largest absolute Gasteiger partial charge is 0.352 e. The van der Waals surface area contributed by atoms with Crippen molar-refractivity contribution in [2.45, 2.75) is 51.6 Å². The van der Waals surface area contributed by atoms with Gasteiger partial charge in [-0.3, -0.25) is 9.59 Å². The first-order valence-electron chi connectivity index (χ1n) is 7.32. The van der Waals surface area contributed by atoms with Gasteiger partial charge in [-0.1, -0.05) is 19.9 Å². The van der Waals surface area contributed by atoms with Crippen molar-refractivity contribution in [3.8, 4) is 0 Å². The fourth-order valence-electron chi connectivity index (χ4n) is 2.61. The molecule has 4 nitrogen and oxygen atoms in total. The minimum Gasteiger partial charge on any atom is -0.352 e. The molecule has 20 heavy (non-hydrogen) atoms. The second-order valence-corrected chi connectivity index (χ2v) is 6.10. The van der Waals surface area contributed by atoms with Gasteiger partial charge in [-0.25, -0.2) is 0 Å². The molecule has 0 spiro atoms. The van der Waals surface area contributed by atoms with Crippen LogP contribution in [0.5, 0.6) is 0 Å². The lowest BCUT2D eigenvalue weighted by Gasteiger charge is -2.25. The minimum absolute atomic E-state index is 0.00102. The highest BCUT2D eigenvalue weighted by molar-refractivity contribution is 7.12. The lowest BCUT2D eigenvalue weighted by Crippen LogP contribution is -2.48. The van der Waals surface area contributed by atoms with Crippen LogP contribution in [0.25, 0.3) is 0 Å². The highest BCUT2D eigenvalue weighted by Crippen LogP contribution is 2.22. The molecular weight excluding hydrogens is 272 g/mol. The summed E-state index contributed by atoms with van der Waals surface area (Å²) >= 11 is 1.43. The number of nitrogens with zero attached hydrogens (tertiary/aromatic N) is 1. The van der Waals surface area contributed by atoms with Gasteiger partial charge in [0.1, 0.15) is 6.04 Å². The number of nitrogens with one attached hydrogen (secondary N) is 1. The molecule has 1 aromatic heterocycles. The molecule has 0 saturated carbocycles. The van der Waals surface area contributed by atoms with Crippen LogP contribution < -0.4 is 5.32 Å². The third-order valence-corrected chi connectivity index (χ3v) is 4.74. The molecule has 1 saturated heterocycles. The number of amides is 2. The van der Waals surface area contributed by atoms with Gasteiger partial charge in [0.05, 0.1) is 4.88 Å². The Labute approximate surface area is 124 Å². The summed E-state index contributed by atoms with van der Waals surface area (Å²) in [6, 6.07) is 3.60. The van der Waals surface area contributed by atoms with Gasteiger partial charge in [-0.05, 0) is 37.1 Å². The van der Waals surface area contributed by atoms with Crippen LogP contribution in [0.1, 0.15) is 49.2 Å². The topological polar surface area (TPSA) is 49.4 Å². The zero-order valence-corrected chi connectivity index (χ0v) is 12.9. The van der Waals surface area contributed by atoms with Crippen LogP contribution in [0.2, 0.25) is 0 Å². The van der Waals surface area contributed by atoms with E-state index in [1.165, 1.54) is 11.3 Å². The zero-order valence-electron chi connectivity index (χ0n) is 12.1. The molecule has 0 aliphatic carbocycles. The Bertz CT molecular complexity index is 454. The number of rotatable bonds is 5. The summed E-state index contributed by atoms with van der Waals surface area (Å²) in [5, 5.41) is 4.95. The molecule has 2 amide bonds. The van der Waals surface area contributed by atoms with Crippen LogP contribution in [-0.2, 0) is 4.79 Å². The molecule has 0 bridgehead atoms. The summed E-state index contributed by atoms with van der Waals surface area (Å²) in [6.45, 7) is 4.81. The van der Waals surface area contributed by atoms with Gasteiger partial charge >= 0.3 is 0 Å². The summed E-state index contributed by atoms with van der Waals surface area (Å²) in [5.74, 6) is -0.0108. The van der Waals surface area contributed by atoms with Gasteiger partial charge in [-0.15, -0.1) is 11.3 Å². The lowest BCUT2D eigenvalue weighted by molar-refractivity contribution is -0.125. The molecular formula is C15H22N2O2S. The molecule has 1 unspecified atom stereocenters. The summed E-state index contributed by atoms with van der Waals surface area (Å²) in [7, 11) is 0. The van der Waals surface area contributed by atoms with Crippen molar-refractivity contribution in [3.05, 3.63) is 22.4 Å². The molecule has 0 aromatic carbocycles. The molecule has 2 heterocycles. The van der Waals surface area contributed by atoms with E-state index in [9.17, 15) is 9.59 Å². The average Bonchev–Trinajstić information content (AvgIpc) is 3.13. The Hall–Kier alpha value is -1.36. The van der Waals surface area contributed by atoms with Crippen molar-refractivity contribution < 1.29 is 9.59 Å². The number of likely N-dealkylation sites (tertiary alicyclic amines) is 1. The molecule has 1 atom stereocenters. The van der Waals surface area contributed by atoms with Crippen LogP contribution in [0.4, 0.5) is 0 Å². The lowest BCUT2D eigenvalue weighted by atomic mass is 10.1. The van der Waals surface area contributed by atoms with Crippen LogP contribution in [0, 0.1) is 0 Å². The van der Waals surface area contributed by atoms with E-state index in [0.29, 0.717) is 11.4 Å². The minimum atomic E-state index is -0.301. The summed E-state index contributed by atoms with van der Waals surface area (Å²) in [6.07, 6.45) is 3.52. The maximum atomic E-state index is 12.4. The Morgan fingerprint density at radius 3 is 2.80 bits per heavy atom. The maximum Gasteiger partial charge on any atom is 0.264 e. The van der Waals surface area contributed by atoms with E-state index in [1.54, 1.807) is 4.90 Å². The molecule has 1 aliphatic rings. The van der Waals surface area contributed by atoms with Gasteiger partial charge in [-0.2, -0.15) is 0 Å². The van der Waals surface area contributed by atoms with E-state index in [2.05, 4.69) is 19.2 Å². The van der Waals surface area contributed by atoms with E-state index in [1.807, 2.05) is 17.5 Å². The summed E-state index contributed by atoms with van der Waals surface area (Å²) in [5.41, 5.74) is 0. The molecule has 1 aromatic rings. The van der Waals surface area contributed by atoms with Crippen molar-refractivity contribution in [2.24, 2.45) is 0 Å². The summed E-state index contributed by atoms with van der Waals surface area (Å²) < 4.78 is 0. The molecule has 2 rings (SSSR count). The fourth-order valence-corrected chi connectivity index (χ4v) is 3.29. The van der Waals surface area contributed by atoms with Crippen LogP contribution in [0.3, 0.4) is 0 Å². The first kappa shape index (κ1) is 15.0. The third kappa shape index (κ3) is 3.20. The van der Waals surface area contributed by atoms with Gasteiger partial charge in [0.2, 0.25) is 5.91 Å². The molecule has 1 aliphatic heterocycles. The first-order chi connectivity index (χ1) is 9.67.